The number of halogens is 2. The molecule has 246 valence electrons. The first-order chi connectivity index (χ1) is 23.1. The number of hydrogen-bond acceptors (Lipinski definition) is 13. The first kappa shape index (κ1) is 32.8. The number of fused-ring (bicyclic) bond motifs is 2. The van der Waals surface area contributed by atoms with Crippen LogP contribution >= 0.6 is 0 Å². The second-order valence-electron chi connectivity index (χ2n) is 9.80. The fraction of sp³-hybridized carbons (Fsp3) is 0.125. The minimum Gasteiger partial charge on any atom is -0.493 e. The number of nitrogen functional groups attached to an aromatic ring is 1. The number of nitrogens with two attached hydrogens (primary N) is 1. The van der Waals surface area contributed by atoms with Gasteiger partial charge in [0.25, 0.3) is 5.69 Å². The van der Waals surface area contributed by atoms with E-state index in [0.717, 1.165) is 6.07 Å². The van der Waals surface area contributed by atoms with Crippen LogP contribution in [-0.4, -0.2) is 53.3 Å². The summed E-state index contributed by atoms with van der Waals surface area (Å²) in [7, 11) is 6.10. The fourth-order valence-electron chi connectivity index (χ4n) is 4.57. The lowest BCUT2D eigenvalue weighted by atomic mass is 10.2. The van der Waals surface area contributed by atoms with Crippen LogP contribution in [0.2, 0.25) is 0 Å². The third-order valence-electron chi connectivity index (χ3n) is 6.94. The van der Waals surface area contributed by atoms with Crippen LogP contribution in [0.1, 0.15) is 0 Å². The summed E-state index contributed by atoms with van der Waals surface area (Å²) in [4.78, 5) is 26.7. The average molecular weight is 659 g/mol. The Morgan fingerprint density at radius 1 is 0.646 bits per heavy atom. The molecule has 0 unspecified atom stereocenters. The monoisotopic (exact) mass is 658 g/mol. The molecule has 0 aliphatic heterocycles. The first-order valence-electron chi connectivity index (χ1n) is 13.9. The van der Waals surface area contributed by atoms with Crippen LogP contribution in [0, 0.1) is 21.7 Å². The second-order valence-corrected chi connectivity index (χ2v) is 9.80. The van der Waals surface area contributed by atoms with Crippen molar-refractivity contribution in [2.75, 3.05) is 44.8 Å². The number of rotatable bonds is 9. The van der Waals surface area contributed by atoms with Crippen molar-refractivity contribution in [3.05, 3.63) is 95.1 Å². The molecule has 0 amide bonds. The molecule has 0 saturated carbocycles. The van der Waals surface area contributed by atoms with Crippen molar-refractivity contribution in [3.8, 4) is 23.0 Å². The van der Waals surface area contributed by atoms with Gasteiger partial charge in [0.15, 0.2) is 28.8 Å². The van der Waals surface area contributed by atoms with E-state index in [1.807, 2.05) is 0 Å². The number of hydrogen-bond donors (Lipinski definition) is 3. The standard InChI is InChI=1S/C16H13FN4O4.C16H15FN4O2/c1-24-14-6-10-13(7-15(14)25-2)18-8-19-16(10)20-12-4-3-9(21(22)23)5-11(12)17;1-22-14-6-10-13(7-15(14)23-2)19-8-20-16(10)21-12-4-3-9(18)5-11(12)17/h3-8H,1-2H3,(H,18,19,20);3-8H,18H2,1-2H3,(H,19,20,21). The van der Waals surface area contributed by atoms with Crippen molar-refractivity contribution in [1.29, 1.82) is 0 Å². The van der Waals surface area contributed by atoms with Gasteiger partial charge in [0.05, 0.1) is 61.8 Å². The molecule has 0 aliphatic rings. The van der Waals surface area contributed by atoms with Gasteiger partial charge in [-0.15, -0.1) is 0 Å². The molecule has 2 heterocycles. The van der Waals surface area contributed by atoms with Crippen LogP contribution in [0.4, 0.5) is 43.2 Å². The Labute approximate surface area is 271 Å². The normalized spacial score (nSPS) is 10.5. The van der Waals surface area contributed by atoms with E-state index in [1.165, 1.54) is 45.1 Å². The predicted molar refractivity (Wildman–Crippen MR) is 176 cm³/mol. The van der Waals surface area contributed by atoms with Crippen molar-refractivity contribution >= 4 is 56.2 Å². The molecule has 4 aromatic carbocycles. The first-order valence-corrected chi connectivity index (χ1v) is 13.9. The highest BCUT2D eigenvalue weighted by atomic mass is 19.1. The zero-order valence-electron chi connectivity index (χ0n) is 25.9. The number of nitrogens with zero attached hydrogens (tertiary/aromatic N) is 5. The molecular formula is C32H28F2N8O6. The summed E-state index contributed by atoms with van der Waals surface area (Å²) in [5.41, 5.74) is 7.12. The van der Waals surface area contributed by atoms with Crippen molar-refractivity contribution < 1.29 is 32.7 Å². The molecule has 14 nitrogen and oxygen atoms in total. The summed E-state index contributed by atoms with van der Waals surface area (Å²) >= 11 is 0. The number of aromatic nitrogens is 4. The van der Waals surface area contributed by atoms with Crippen molar-refractivity contribution in [3.63, 3.8) is 0 Å². The lowest BCUT2D eigenvalue weighted by molar-refractivity contribution is -0.385. The van der Waals surface area contributed by atoms with E-state index in [1.54, 1.807) is 50.6 Å². The highest BCUT2D eigenvalue weighted by molar-refractivity contribution is 5.94. The molecule has 2 aromatic heterocycles. The molecule has 16 heteroatoms. The number of non-ortho nitro benzene ring substituents is 1. The van der Waals surface area contributed by atoms with Crippen molar-refractivity contribution in [2.45, 2.75) is 0 Å². The Morgan fingerprint density at radius 3 is 1.50 bits per heavy atom. The van der Waals surface area contributed by atoms with Crippen LogP contribution in [-0.2, 0) is 0 Å². The third kappa shape index (κ3) is 6.96. The zero-order valence-corrected chi connectivity index (χ0v) is 25.9. The number of methoxy groups -OCH3 is 4. The molecule has 0 aliphatic carbocycles. The number of nitrogens with one attached hydrogen (secondary N) is 2. The van der Waals surface area contributed by atoms with E-state index in [4.69, 9.17) is 24.7 Å². The van der Waals surface area contributed by atoms with Gasteiger partial charge in [0.2, 0.25) is 0 Å². The Morgan fingerprint density at radius 2 is 1.08 bits per heavy atom. The van der Waals surface area contributed by atoms with Crippen molar-refractivity contribution in [2.24, 2.45) is 0 Å². The smallest absolute Gasteiger partial charge is 0.272 e. The van der Waals surface area contributed by atoms with Crippen molar-refractivity contribution in [1.82, 2.24) is 19.9 Å². The van der Waals surface area contributed by atoms with Gasteiger partial charge in [0, 0.05) is 34.7 Å². The molecule has 0 saturated heterocycles. The molecule has 0 spiro atoms. The van der Waals surface area contributed by atoms with Crippen LogP contribution in [0.3, 0.4) is 0 Å². The summed E-state index contributed by atoms with van der Waals surface area (Å²) in [5, 5.41) is 17.7. The van der Waals surface area contributed by atoms with Crippen LogP contribution in [0.5, 0.6) is 23.0 Å². The van der Waals surface area contributed by atoms with Gasteiger partial charge in [-0.1, -0.05) is 0 Å². The van der Waals surface area contributed by atoms with Gasteiger partial charge in [-0.3, -0.25) is 10.1 Å². The van der Waals surface area contributed by atoms with E-state index >= 15 is 0 Å². The summed E-state index contributed by atoms with van der Waals surface area (Å²) in [6.07, 6.45) is 2.71. The van der Waals surface area contributed by atoms with E-state index in [-0.39, 0.29) is 17.1 Å². The summed E-state index contributed by atoms with van der Waals surface area (Å²) in [5.74, 6) is 1.63. The van der Waals surface area contributed by atoms with Gasteiger partial charge >= 0.3 is 0 Å². The highest BCUT2D eigenvalue weighted by Crippen LogP contribution is 2.36. The number of ether oxygens (including phenoxy) is 4. The van der Waals surface area contributed by atoms with Gasteiger partial charge in [-0.2, -0.15) is 0 Å². The van der Waals surface area contributed by atoms with Gasteiger partial charge in [-0.25, -0.2) is 28.7 Å². The van der Waals surface area contributed by atoms with Gasteiger partial charge in [0.1, 0.15) is 30.1 Å². The molecular weight excluding hydrogens is 630 g/mol. The number of nitro benzene ring substituents is 1. The average Bonchev–Trinajstić information content (AvgIpc) is 3.09. The Hall–Kier alpha value is -6.58. The van der Waals surface area contributed by atoms with E-state index in [2.05, 4.69) is 30.6 Å². The zero-order chi connectivity index (χ0) is 34.4. The molecule has 6 rings (SSSR count). The van der Waals surface area contributed by atoms with Crippen LogP contribution in [0.25, 0.3) is 21.8 Å². The van der Waals surface area contributed by atoms with Crippen LogP contribution in [0.15, 0.2) is 73.3 Å². The van der Waals surface area contributed by atoms with E-state index in [0.29, 0.717) is 62.1 Å². The number of benzene rings is 4. The maximum Gasteiger partial charge on any atom is 0.272 e. The van der Waals surface area contributed by atoms with E-state index in [9.17, 15) is 18.9 Å². The summed E-state index contributed by atoms with van der Waals surface area (Å²) < 4.78 is 49.1. The number of anilines is 5. The maximum atomic E-state index is 14.1. The molecule has 0 bridgehead atoms. The van der Waals surface area contributed by atoms with Gasteiger partial charge < -0.3 is 35.3 Å². The largest absolute Gasteiger partial charge is 0.493 e. The molecule has 0 atom stereocenters. The molecule has 6 aromatic rings. The molecule has 0 fully saturated rings. The Balaban J connectivity index is 0.000000188. The SMILES string of the molecule is COc1cc2ncnc(Nc3ccc(N)cc3F)c2cc1OC.COc1cc2ncnc(Nc3ccc([N+](=O)[O-])cc3F)c2cc1OC. The lowest BCUT2D eigenvalue weighted by Crippen LogP contribution is -2.00. The fourth-order valence-corrected chi connectivity index (χ4v) is 4.57. The predicted octanol–water partition coefficient (Wildman–Crippen LogP) is 6.55. The van der Waals surface area contributed by atoms with Gasteiger partial charge in [-0.05, 0) is 36.4 Å². The lowest BCUT2D eigenvalue weighted by Gasteiger charge is -2.12. The highest BCUT2D eigenvalue weighted by Gasteiger charge is 2.15. The third-order valence-corrected chi connectivity index (χ3v) is 6.94. The molecule has 0 radical (unpaired) electrons. The Bertz CT molecular complexity index is 2140. The maximum absolute atomic E-state index is 14.1. The van der Waals surface area contributed by atoms with Crippen LogP contribution < -0.4 is 35.3 Å². The number of nitro groups is 1. The molecule has 4 N–H and O–H groups in total. The minimum absolute atomic E-state index is 0.0559. The summed E-state index contributed by atoms with van der Waals surface area (Å²) in [6.45, 7) is 0. The Kier molecular flexibility index (Phi) is 9.73. The topological polar surface area (TPSA) is 182 Å². The summed E-state index contributed by atoms with van der Waals surface area (Å²) in [6, 6.07) is 14.6. The molecule has 48 heavy (non-hydrogen) atoms. The quantitative estimate of drug-likeness (QED) is 0.0865. The minimum atomic E-state index is -0.763. The second kappa shape index (κ2) is 14.2. The van der Waals surface area contributed by atoms with E-state index < -0.39 is 16.6 Å².